The molecule has 2 aliphatic heterocycles. The van der Waals surface area contributed by atoms with E-state index in [1.165, 1.54) is 10.8 Å². The zero-order valence-electron chi connectivity index (χ0n) is 18.2. The minimum absolute atomic E-state index is 0.0112. The number of carbonyl (C=O) groups is 1. The van der Waals surface area contributed by atoms with Gasteiger partial charge in [-0.25, -0.2) is 9.18 Å². The number of anilines is 1. The Morgan fingerprint density at radius 2 is 2.03 bits per heavy atom. The molecular formula is C21H25FN4O6. The van der Waals surface area contributed by atoms with Crippen molar-refractivity contribution in [1.29, 1.82) is 0 Å². The largest absolute Gasteiger partial charge is 0.486 e. The van der Waals surface area contributed by atoms with Crippen molar-refractivity contribution in [3.63, 3.8) is 0 Å². The zero-order valence-corrected chi connectivity index (χ0v) is 18.2. The summed E-state index contributed by atoms with van der Waals surface area (Å²) in [5.74, 6) is -1.93. The Kier molecular flexibility index (Phi) is 5.76. The molecule has 1 aromatic heterocycles. The molecule has 1 saturated heterocycles. The number of rotatable bonds is 5. The number of likely N-dealkylation sites (N-methyl/N-ethyl adjacent to an activating group) is 1. The molecule has 0 amide bonds. The van der Waals surface area contributed by atoms with Crippen LogP contribution in [0.4, 0.5) is 15.8 Å². The van der Waals surface area contributed by atoms with Gasteiger partial charge in [0.15, 0.2) is 17.3 Å². The van der Waals surface area contributed by atoms with E-state index in [2.05, 4.69) is 0 Å². The predicted molar refractivity (Wildman–Crippen MR) is 115 cm³/mol. The molecule has 11 heteroatoms. The van der Waals surface area contributed by atoms with Crippen molar-refractivity contribution in [3.05, 3.63) is 37.9 Å². The molecule has 0 bridgehead atoms. The summed E-state index contributed by atoms with van der Waals surface area (Å²) in [7, 11) is 1.91. The summed E-state index contributed by atoms with van der Waals surface area (Å²) in [4.78, 5) is 41.0. The number of benzene rings is 1. The third-order valence-corrected chi connectivity index (χ3v) is 5.92. The summed E-state index contributed by atoms with van der Waals surface area (Å²) in [5.41, 5.74) is -2.11. The minimum Gasteiger partial charge on any atom is -0.486 e. The molecule has 10 nitrogen and oxygen atoms in total. The molecule has 0 radical (unpaired) electrons. The highest BCUT2D eigenvalue weighted by molar-refractivity contribution is 6.03. The van der Waals surface area contributed by atoms with Gasteiger partial charge in [0.1, 0.15) is 23.1 Å². The summed E-state index contributed by atoms with van der Waals surface area (Å²) < 4.78 is 28.0. The second-order valence-corrected chi connectivity index (χ2v) is 8.19. The van der Waals surface area contributed by atoms with Crippen molar-refractivity contribution in [2.24, 2.45) is 0 Å². The van der Waals surface area contributed by atoms with Gasteiger partial charge in [0, 0.05) is 32.4 Å². The van der Waals surface area contributed by atoms with Crippen LogP contribution in [0.5, 0.6) is 5.75 Å². The number of piperazine rings is 1. The fraction of sp³-hybridized carbons (Fsp3) is 0.524. The Balaban J connectivity index is 2.07. The van der Waals surface area contributed by atoms with E-state index < -0.39 is 27.8 Å². The number of pyridine rings is 1. The first-order valence-corrected chi connectivity index (χ1v) is 10.6. The van der Waals surface area contributed by atoms with Crippen molar-refractivity contribution in [1.82, 2.24) is 9.47 Å². The molecule has 3 heterocycles. The maximum absolute atomic E-state index is 15.7. The lowest BCUT2D eigenvalue weighted by Gasteiger charge is -2.35. The third kappa shape index (κ3) is 3.46. The normalized spacial score (nSPS) is 18.5. The van der Waals surface area contributed by atoms with Crippen LogP contribution in [-0.4, -0.2) is 66.8 Å². The van der Waals surface area contributed by atoms with E-state index in [0.717, 1.165) is 0 Å². The lowest BCUT2D eigenvalue weighted by atomic mass is 10.0. The number of aromatic nitrogens is 1. The first-order valence-electron chi connectivity index (χ1n) is 10.6. The fourth-order valence-electron chi connectivity index (χ4n) is 4.20. The van der Waals surface area contributed by atoms with Crippen LogP contribution in [0.25, 0.3) is 10.9 Å². The number of carbonyl (C=O) groups excluding carboxylic acids is 1. The Labute approximate surface area is 183 Å². The molecule has 1 atom stereocenters. The molecule has 0 unspecified atom stereocenters. The molecular weight excluding hydrogens is 423 g/mol. The molecule has 2 aliphatic rings. The Bertz CT molecular complexity index is 1160. The highest BCUT2D eigenvalue weighted by atomic mass is 19.1. The molecule has 172 valence electrons. The number of nitrogens with zero attached hydrogens (tertiary/aromatic N) is 4. The number of esters is 1. The second kappa shape index (κ2) is 8.38. The molecule has 1 aromatic carbocycles. The average molecular weight is 448 g/mol. The molecule has 0 saturated carbocycles. The highest BCUT2D eigenvalue weighted by Crippen LogP contribution is 2.46. The average Bonchev–Trinajstić information content (AvgIpc) is 2.76. The van der Waals surface area contributed by atoms with Gasteiger partial charge in [-0.2, -0.15) is 0 Å². The number of hydrogen-bond donors (Lipinski definition) is 0. The van der Waals surface area contributed by atoms with Gasteiger partial charge in [-0.3, -0.25) is 14.9 Å². The molecule has 1 fully saturated rings. The summed E-state index contributed by atoms with van der Waals surface area (Å²) in [5, 5.41) is 11.9. The van der Waals surface area contributed by atoms with E-state index in [-0.39, 0.29) is 47.2 Å². The summed E-state index contributed by atoms with van der Waals surface area (Å²) in [6.45, 7) is 5.62. The molecule has 4 rings (SSSR count). The van der Waals surface area contributed by atoms with E-state index in [1.807, 2.05) is 18.9 Å². The lowest BCUT2D eigenvalue weighted by Crippen LogP contribution is -2.45. The van der Waals surface area contributed by atoms with E-state index in [0.29, 0.717) is 32.6 Å². The highest BCUT2D eigenvalue weighted by Gasteiger charge is 2.38. The van der Waals surface area contributed by atoms with E-state index in [9.17, 15) is 19.7 Å². The van der Waals surface area contributed by atoms with Crippen molar-refractivity contribution in [2.45, 2.75) is 26.3 Å². The van der Waals surface area contributed by atoms with Crippen molar-refractivity contribution >= 4 is 28.2 Å². The molecule has 0 N–H and O–H groups in total. The van der Waals surface area contributed by atoms with Crippen LogP contribution in [-0.2, 0) is 4.74 Å². The van der Waals surface area contributed by atoms with Crippen molar-refractivity contribution in [2.75, 3.05) is 51.3 Å². The van der Waals surface area contributed by atoms with E-state index in [4.69, 9.17) is 9.47 Å². The quantitative estimate of drug-likeness (QED) is 0.390. The summed E-state index contributed by atoms with van der Waals surface area (Å²) >= 11 is 0. The first kappa shape index (κ1) is 22.0. The van der Waals surface area contributed by atoms with Gasteiger partial charge < -0.3 is 23.8 Å². The van der Waals surface area contributed by atoms with E-state index >= 15 is 4.39 Å². The van der Waals surface area contributed by atoms with Crippen LogP contribution in [0.3, 0.4) is 0 Å². The number of ether oxygens (including phenoxy) is 2. The predicted octanol–water partition coefficient (Wildman–Crippen LogP) is 2.32. The molecule has 0 aliphatic carbocycles. The van der Waals surface area contributed by atoms with Crippen LogP contribution in [0.1, 0.15) is 36.7 Å². The Morgan fingerprint density at radius 1 is 1.34 bits per heavy atom. The Hall–Kier alpha value is -3.21. The van der Waals surface area contributed by atoms with Gasteiger partial charge in [0.2, 0.25) is 5.43 Å². The van der Waals surface area contributed by atoms with Gasteiger partial charge in [0.05, 0.1) is 17.6 Å². The van der Waals surface area contributed by atoms with Gasteiger partial charge in [-0.15, -0.1) is 0 Å². The number of halogens is 1. The van der Waals surface area contributed by atoms with Crippen LogP contribution >= 0.6 is 0 Å². The topological polar surface area (TPSA) is 107 Å². The smallest absolute Gasteiger partial charge is 0.343 e. The molecule has 2 aromatic rings. The Morgan fingerprint density at radius 3 is 2.66 bits per heavy atom. The number of nitro groups is 1. The fourth-order valence-corrected chi connectivity index (χ4v) is 4.20. The molecule has 0 spiro atoms. The SMILES string of the molecule is CCCOC(=O)c1cn2c3c(c(F)c(N4CCN(C)CC4)c([N+](=O)[O-])c3c1=O)OC[C@@H]2C. The van der Waals surface area contributed by atoms with Crippen LogP contribution in [0.2, 0.25) is 0 Å². The zero-order chi connectivity index (χ0) is 23.2. The summed E-state index contributed by atoms with van der Waals surface area (Å²) in [6, 6.07) is -0.378. The monoisotopic (exact) mass is 448 g/mol. The standard InChI is InChI=1S/C21H25FN4O6/c1-4-9-31-21(28)13-10-25-12(2)11-32-20-15(22)18(24-7-5-23(3)6-8-24)16(26(29)30)14(17(20)25)19(13)27/h10,12H,4-9,11H2,1-3H3/t12-/m0/s1. The van der Waals surface area contributed by atoms with Crippen LogP contribution < -0.4 is 15.1 Å². The van der Waals surface area contributed by atoms with Crippen LogP contribution in [0, 0.1) is 15.9 Å². The van der Waals surface area contributed by atoms with Crippen LogP contribution in [0.15, 0.2) is 11.0 Å². The van der Waals surface area contributed by atoms with E-state index in [1.54, 1.807) is 11.8 Å². The third-order valence-electron chi connectivity index (χ3n) is 5.92. The number of nitro benzene ring substituents is 1. The van der Waals surface area contributed by atoms with Gasteiger partial charge in [0.25, 0.3) is 0 Å². The van der Waals surface area contributed by atoms with Gasteiger partial charge in [-0.05, 0) is 20.4 Å². The van der Waals surface area contributed by atoms with Crippen molar-refractivity contribution in [3.8, 4) is 5.75 Å². The number of hydrogen-bond acceptors (Lipinski definition) is 8. The molecule has 32 heavy (non-hydrogen) atoms. The maximum atomic E-state index is 15.7. The van der Waals surface area contributed by atoms with Crippen molar-refractivity contribution < 1.29 is 23.6 Å². The van der Waals surface area contributed by atoms with Gasteiger partial charge in [-0.1, -0.05) is 6.92 Å². The van der Waals surface area contributed by atoms with Gasteiger partial charge >= 0.3 is 11.7 Å². The second-order valence-electron chi connectivity index (χ2n) is 8.19. The first-order chi connectivity index (χ1) is 15.3. The summed E-state index contributed by atoms with van der Waals surface area (Å²) in [6.07, 6.45) is 1.85. The minimum atomic E-state index is -0.866. The maximum Gasteiger partial charge on any atom is 0.343 e. The lowest BCUT2D eigenvalue weighted by molar-refractivity contribution is -0.382.